The number of hydrogen-bond acceptors (Lipinski definition) is 5. The maximum absolute atomic E-state index is 13.4. The van der Waals surface area contributed by atoms with Crippen LogP contribution in [0.3, 0.4) is 0 Å². The van der Waals surface area contributed by atoms with E-state index in [1.54, 1.807) is 24.0 Å². The fourth-order valence-electron chi connectivity index (χ4n) is 4.11. The van der Waals surface area contributed by atoms with E-state index in [0.29, 0.717) is 41.8 Å². The number of carboxylic acids is 1. The van der Waals surface area contributed by atoms with E-state index in [2.05, 4.69) is 0 Å². The Labute approximate surface area is 193 Å². The summed E-state index contributed by atoms with van der Waals surface area (Å²) in [6, 6.07) is 10.0. The van der Waals surface area contributed by atoms with Crippen LogP contribution in [0.15, 0.2) is 51.7 Å². The first kappa shape index (κ1) is 22.8. The van der Waals surface area contributed by atoms with E-state index in [0.717, 1.165) is 0 Å². The Bertz CT molecular complexity index is 1290. The molecule has 0 spiro atoms. The molecule has 2 atom stereocenters. The summed E-state index contributed by atoms with van der Waals surface area (Å²) in [6.07, 6.45) is -0.142. The van der Waals surface area contributed by atoms with Crippen LogP contribution >= 0.6 is 11.6 Å². The molecule has 2 aromatic carbocycles. The lowest BCUT2D eigenvalue weighted by atomic mass is 10.0. The molecule has 1 saturated heterocycles. The molecule has 4 rings (SSSR count). The third-order valence-electron chi connectivity index (χ3n) is 5.66. The number of hydrogen-bond donors (Lipinski definition) is 1. The van der Waals surface area contributed by atoms with Crippen molar-refractivity contribution < 1.29 is 28.2 Å². The number of rotatable bonds is 6. The lowest BCUT2D eigenvalue weighted by Gasteiger charge is -2.22. The summed E-state index contributed by atoms with van der Waals surface area (Å²) in [5.74, 6) is -1.34. The van der Waals surface area contributed by atoms with E-state index < -0.39 is 23.5 Å². The Morgan fingerprint density at radius 1 is 1.24 bits per heavy atom. The Hall–Kier alpha value is -3.39. The monoisotopic (exact) mass is 473 g/mol. The molecule has 1 aromatic heterocycles. The summed E-state index contributed by atoms with van der Waals surface area (Å²) in [6.45, 7) is 2.48. The standard InChI is InChI=1S/C24H21ClFNO6/c1-13(24(31)27-7-6-14(12-27)8-22(28)29)32-16-3-5-18-19(11-23(30)33-21(18)10-16)17-4-2-15(26)9-20(17)25/h2-5,9-11,13-14H,6-8,12H2,1H3,(H,28,29)/t13?,14-/m1/s1. The van der Waals surface area contributed by atoms with Gasteiger partial charge in [-0.25, -0.2) is 9.18 Å². The molecule has 1 aliphatic heterocycles. The fraction of sp³-hybridized carbons (Fsp3) is 0.292. The number of nitrogens with zero attached hydrogens (tertiary/aromatic N) is 1. The van der Waals surface area contributed by atoms with Crippen molar-refractivity contribution in [3.63, 3.8) is 0 Å². The maximum atomic E-state index is 13.4. The topological polar surface area (TPSA) is 97.0 Å². The van der Waals surface area contributed by atoms with Gasteiger partial charge in [0.1, 0.15) is 17.1 Å². The first-order chi connectivity index (χ1) is 15.7. The van der Waals surface area contributed by atoms with E-state index in [4.69, 9.17) is 25.9 Å². The first-order valence-electron chi connectivity index (χ1n) is 10.4. The number of benzene rings is 2. The third-order valence-corrected chi connectivity index (χ3v) is 5.97. The molecule has 0 bridgehead atoms. The van der Waals surface area contributed by atoms with E-state index in [1.165, 1.54) is 30.3 Å². The van der Waals surface area contributed by atoms with Gasteiger partial charge in [0.25, 0.3) is 5.91 Å². The highest BCUT2D eigenvalue weighted by Gasteiger charge is 2.31. The molecule has 3 aromatic rings. The molecule has 172 valence electrons. The molecule has 9 heteroatoms. The number of ether oxygens (including phenoxy) is 1. The number of carbonyl (C=O) groups is 2. The predicted molar refractivity (Wildman–Crippen MR) is 120 cm³/mol. The van der Waals surface area contributed by atoms with E-state index in [1.807, 2.05) is 0 Å². The molecule has 1 aliphatic rings. The van der Waals surface area contributed by atoms with Gasteiger partial charge in [0, 0.05) is 48.2 Å². The van der Waals surface area contributed by atoms with Crippen LogP contribution in [0.25, 0.3) is 22.1 Å². The Balaban J connectivity index is 1.55. The molecule has 1 fully saturated rings. The highest BCUT2D eigenvalue weighted by atomic mass is 35.5. The van der Waals surface area contributed by atoms with Crippen molar-refractivity contribution >= 4 is 34.4 Å². The van der Waals surface area contributed by atoms with Gasteiger partial charge in [-0.1, -0.05) is 11.6 Å². The summed E-state index contributed by atoms with van der Waals surface area (Å²) < 4.78 is 24.6. The maximum Gasteiger partial charge on any atom is 0.336 e. The van der Waals surface area contributed by atoms with Gasteiger partial charge in [0.2, 0.25) is 0 Å². The molecule has 0 saturated carbocycles. The molecular weight excluding hydrogens is 453 g/mol. The zero-order valence-electron chi connectivity index (χ0n) is 17.7. The van der Waals surface area contributed by atoms with Crippen LogP contribution < -0.4 is 10.4 Å². The Morgan fingerprint density at radius 2 is 2.03 bits per heavy atom. The Morgan fingerprint density at radius 3 is 2.76 bits per heavy atom. The second-order valence-corrected chi connectivity index (χ2v) is 8.47. The third kappa shape index (κ3) is 5.01. The predicted octanol–water partition coefficient (Wildman–Crippen LogP) is 4.34. The van der Waals surface area contributed by atoms with E-state index in [9.17, 15) is 18.8 Å². The van der Waals surface area contributed by atoms with Crippen LogP contribution in [0, 0.1) is 11.7 Å². The summed E-state index contributed by atoms with van der Waals surface area (Å²) in [4.78, 5) is 37.4. The second kappa shape index (κ2) is 9.23. The zero-order valence-corrected chi connectivity index (χ0v) is 18.5. The summed E-state index contributed by atoms with van der Waals surface area (Å²) in [7, 11) is 0. The van der Waals surface area contributed by atoms with E-state index in [-0.39, 0.29) is 28.9 Å². The van der Waals surface area contributed by atoms with Crippen LogP contribution in [-0.2, 0) is 9.59 Å². The quantitative estimate of drug-likeness (QED) is 0.535. The zero-order chi connectivity index (χ0) is 23.7. The van der Waals surface area contributed by atoms with Gasteiger partial charge >= 0.3 is 11.6 Å². The number of halogens is 2. The Kier molecular flexibility index (Phi) is 6.37. The highest BCUT2D eigenvalue weighted by Crippen LogP contribution is 2.34. The van der Waals surface area contributed by atoms with Crippen LogP contribution in [0.2, 0.25) is 5.02 Å². The number of likely N-dealkylation sites (tertiary alicyclic amines) is 1. The van der Waals surface area contributed by atoms with Crippen molar-refractivity contribution in [3.05, 3.63) is 63.7 Å². The minimum atomic E-state index is -0.877. The molecule has 2 heterocycles. The molecule has 1 amide bonds. The van der Waals surface area contributed by atoms with Crippen molar-refractivity contribution in [1.29, 1.82) is 0 Å². The van der Waals surface area contributed by atoms with Gasteiger partial charge in [-0.3, -0.25) is 9.59 Å². The number of amides is 1. The number of fused-ring (bicyclic) bond motifs is 1. The lowest BCUT2D eigenvalue weighted by molar-refractivity contribution is -0.139. The molecule has 0 radical (unpaired) electrons. The summed E-state index contributed by atoms with van der Waals surface area (Å²) in [5.41, 5.74) is 0.597. The second-order valence-electron chi connectivity index (χ2n) is 8.06. The minimum absolute atomic E-state index is 0.0309. The molecule has 0 aliphatic carbocycles. The summed E-state index contributed by atoms with van der Waals surface area (Å²) in [5, 5.41) is 9.68. The normalized spacial score (nSPS) is 16.7. The van der Waals surface area contributed by atoms with Gasteiger partial charge in [-0.15, -0.1) is 0 Å². The smallest absolute Gasteiger partial charge is 0.336 e. The molecule has 33 heavy (non-hydrogen) atoms. The van der Waals surface area contributed by atoms with Crippen molar-refractivity contribution in [2.24, 2.45) is 5.92 Å². The van der Waals surface area contributed by atoms with Crippen LogP contribution in [-0.4, -0.2) is 41.1 Å². The number of carbonyl (C=O) groups excluding carboxylic acids is 1. The van der Waals surface area contributed by atoms with Gasteiger partial charge in [0.15, 0.2) is 6.10 Å². The molecule has 1 unspecified atom stereocenters. The average molecular weight is 474 g/mol. The molecule has 1 N–H and O–H groups in total. The largest absolute Gasteiger partial charge is 0.481 e. The van der Waals surface area contributed by atoms with Crippen molar-refractivity contribution in [1.82, 2.24) is 4.90 Å². The van der Waals surface area contributed by atoms with Crippen molar-refractivity contribution in [2.45, 2.75) is 25.9 Å². The van der Waals surface area contributed by atoms with Crippen LogP contribution in [0.4, 0.5) is 4.39 Å². The molecular formula is C24H21ClFNO6. The fourth-order valence-corrected chi connectivity index (χ4v) is 4.37. The highest BCUT2D eigenvalue weighted by molar-refractivity contribution is 6.33. The molecule has 7 nitrogen and oxygen atoms in total. The van der Waals surface area contributed by atoms with E-state index >= 15 is 0 Å². The van der Waals surface area contributed by atoms with Gasteiger partial charge in [-0.2, -0.15) is 0 Å². The van der Waals surface area contributed by atoms with Gasteiger partial charge in [0.05, 0.1) is 5.02 Å². The van der Waals surface area contributed by atoms with Gasteiger partial charge in [-0.05, 0) is 49.6 Å². The van der Waals surface area contributed by atoms with Gasteiger partial charge < -0.3 is 19.2 Å². The minimum Gasteiger partial charge on any atom is -0.481 e. The van der Waals surface area contributed by atoms with Crippen LogP contribution in [0.1, 0.15) is 19.8 Å². The average Bonchev–Trinajstić information content (AvgIpc) is 3.20. The van der Waals surface area contributed by atoms with Crippen molar-refractivity contribution in [2.75, 3.05) is 13.1 Å². The SMILES string of the molecule is CC(Oc1ccc2c(-c3ccc(F)cc3Cl)cc(=O)oc2c1)C(=O)N1CC[C@H](CC(=O)O)C1. The van der Waals surface area contributed by atoms with Crippen molar-refractivity contribution in [3.8, 4) is 16.9 Å². The summed E-state index contributed by atoms with van der Waals surface area (Å²) >= 11 is 6.18. The number of carboxylic acid groups (broad SMARTS) is 1. The lowest BCUT2D eigenvalue weighted by Crippen LogP contribution is -2.39. The first-order valence-corrected chi connectivity index (χ1v) is 10.8. The number of aliphatic carboxylic acids is 1. The van der Waals surface area contributed by atoms with Crippen LogP contribution in [0.5, 0.6) is 5.75 Å².